The minimum absolute atomic E-state index is 0.0685. The summed E-state index contributed by atoms with van der Waals surface area (Å²) < 4.78 is 13.4. The predicted molar refractivity (Wildman–Crippen MR) is 151 cm³/mol. The number of morpholine rings is 1. The Bertz CT molecular complexity index is 1350. The molecule has 4 rings (SSSR count). The van der Waals surface area contributed by atoms with Crippen molar-refractivity contribution in [1.82, 2.24) is 14.5 Å². The molecule has 0 bridgehead atoms. The van der Waals surface area contributed by atoms with Gasteiger partial charge in [0.25, 0.3) is 5.56 Å². The van der Waals surface area contributed by atoms with E-state index >= 15 is 0 Å². The molecule has 2 aromatic heterocycles. The summed E-state index contributed by atoms with van der Waals surface area (Å²) in [6.45, 7) is 11.2. The molecule has 0 unspecified atom stereocenters. The van der Waals surface area contributed by atoms with Crippen LogP contribution in [0.25, 0.3) is 10.9 Å². The van der Waals surface area contributed by atoms with Gasteiger partial charge in [-0.1, -0.05) is 32.4 Å². The maximum Gasteiger partial charge on any atom is 0.293 e. The Kier molecular flexibility index (Phi) is 8.89. The van der Waals surface area contributed by atoms with E-state index in [9.17, 15) is 9.59 Å². The van der Waals surface area contributed by atoms with E-state index in [0.717, 1.165) is 42.5 Å². The number of aromatic nitrogens is 3. The Morgan fingerprint density at radius 1 is 1.18 bits per heavy atom. The van der Waals surface area contributed by atoms with Crippen LogP contribution in [-0.2, 0) is 9.53 Å². The Morgan fingerprint density at radius 3 is 2.53 bits per heavy atom. The number of nitrogens with one attached hydrogen (secondary N) is 1. The largest absolute Gasteiger partial charge is 0.480 e. The highest BCUT2D eigenvalue weighted by atomic mass is 35.5. The fraction of sp³-hybridized carbons (Fsp3) is 0.500. The summed E-state index contributed by atoms with van der Waals surface area (Å²) in [6.07, 6.45) is 4.06. The van der Waals surface area contributed by atoms with Crippen LogP contribution in [0.2, 0.25) is 5.02 Å². The van der Waals surface area contributed by atoms with Crippen LogP contribution in [0.1, 0.15) is 59.9 Å². The zero-order chi connectivity index (χ0) is 27.4. The minimum atomic E-state index is -0.262. The quantitative estimate of drug-likeness (QED) is 0.358. The molecule has 0 aliphatic carbocycles. The third-order valence-electron chi connectivity index (χ3n) is 6.72. The first-order chi connectivity index (χ1) is 18.2. The average molecular weight is 542 g/mol. The molecule has 10 heteroatoms. The second-order valence-electron chi connectivity index (χ2n) is 9.83. The zero-order valence-corrected chi connectivity index (χ0v) is 23.4. The van der Waals surface area contributed by atoms with E-state index in [1.165, 1.54) is 0 Å². The summed E-state index contributed by atoms with van der Waals surface area (Å²) in [7, 11) is 0. The summed E-state index contributed by atoms with van der Waals surface area (Å²) >= 11 is 6.48. The van der Waals surface area contributed by atoms with E-state index in [-0.39, 0.29) is 41.9 Å². The number of ether oxygens (including phenoxy) is 2. The maximum atomic E-state index is 13.1. The van der Waals surface area contributed by atoms with E-state index in [4.69, 9.17) is 26.1 Å². The van der Waals surface area contributed by atoms with Crippen LogP contribution in [-0.4, -0.2) is 52.2 Å². The number of pyridine rings is 1. The summed E-state index contributed by atoms with van der Waals surface area (Å²) in [6, 6.07) is 7.27. The van der Waals surface area contributed by atoms with Gasteiger partial charge in [0.2, 0.25) is 5.95 Å². The highest BCUT2D eigenvalue weighted by Gasteiger charge is 2.27. The van der Waals surface area contributed by atoms with Crippen molar-refractivity contribution in [1.29, 1.82) is 0 Å². The fourth-order valence-electron chi connectivity index (χ4n) is 4.55. The van der Waals surface area contributed by atoms with Crippen molar-refractivity contribution in [3.8, 4) is 5.75 Å². The monoisotopic (exact) mass is 541 g/mol. The topological polar surface area (TPSA) is 98.6 Å². The van der Waals surface area contributed by atoms with Gasteiger partial charge in [-0.15, -0.1) is 0 Å². The first kappa shape index (κ1) is 27.9. The normalized spacial score (nSPS) is 17.7. The maximum absolute atomic E-state index is 13.1. The molecule has 1 N–H and O–H groups in total. The van der Waals surface area contributed by atoms with E-state index in [0.29, 0.717) is 23.2 Å². The number of hydrogen-bond acceptors (Lipinski definition) is 8. The molecule has 38 heavy (non-hydrogen) atoms. The Balaban J connectivity index is 1.66. The minimum Gasteiger partial charge on any atom is -0.480 e. The molecule has 1 fully saturated rings. The second kappa shape index (κ2) is 12.1. The zero-order valence-electron chi connectivity index (χ0n) is 22.7. The predicted octanol–water partition coefficient (Wildman–Crippen LogP) is 5.52. The van der Waals surface area contributed by atoms with E-state index in [1.807, 2.05) is 32.0 Å². The van der Waals surface area contributed by atoms with Gasteiger partial charge in [-0.25, -0.2) is 4.98 Å². The van der Waals surface area contributed by atoms with Gasteiger partial charge in [0, 0.05) is 36.6 Å². The molecule has 2 atom stereocenters. The van der Waals surface area contributed by atoms with Crippen molar-refractivity contribution in [3.05, 3.63) is 45.8 Å². The number of fused-ring (bicyclic) bond motifs is 1. The summed E-state index contributed by atoms with van der Waals surface area (Å²) in [4.78, 5) is 36.3. The summed E-state index contributed by atoms with van der Waals surface area (Å²) in [5, 5.41) is 4.50. The van der Waals surface area contributed by atoms with Crippen LogP contribution in [0.5, 0.6) is 5.75 Å². The highest BCUT2D eigenvalue weighted by Crippen LogP contribution is 2.29. The van der Waals surface area contributed by atoms with E-state index < -0.39 is 0 Å². The van der Waals surface area contributed by atoms with Gasteiger partial charge >= 0.3 is 0 Å². The van der Waals surface area contributed by atoms with Crippen molar-refractivity contribution < 1.29 is 14.3 Å². The molecule has 1 aliphatic heterocycles. The van der Waals surface area contributed by atoms with Gasteiger partial charge in [0.1, 0.15) is 11.6 Å². The third kappa shape index (κ3) is 6.10. The number of benzene rings is 1. The van der Waals surface area contributed by atoms with Crippen LogP contribution in [0.3, 0.4) is 0 Å². The van der Waals surface area contributed by atoms with Crippen molar-refractivity contribution in [2.45, 2.75) is 72.1 Å². The molecular weight excluding hydrogens is 506 g/mol. The lowest BCUT2D eigenvalue weighted by molar-refractivity contribution is -0.120. The van der Waals surface area contributed by atoms with Gasteiger partial charge in [-0.2, -0.15) is 4.98 Å². The van der Waals surface area contributed by atoms with E-state index in [1.54, 1.807) is 23.8 Å². The number of nitrogens with zero attached hydrogens (tertiary/aromatic N) is 4. The molecule has 1 aromatic carbocycles. The lowest BCUT2D eigenvalue weighted by Crippen LogP contribution is -2.48. The molecule has 1 saturated heterocycles. The smallest absolute Gasteiger partial charge is 0.293 e. The first-order valence-electron chi connectivity index (χ1n) is 13.3. The number of Topliss-reactive ketones (excluding diaryl/α,β-unsaturated/α-hetero) is 1. The van der Waals surface area contributed by atoms with Crippen molar-refractivity contribution >= 4 is 45.7 Å². The number of carbonyl (C=O) groups excluding carboxylic acids is 1. The molecule has 1 aliphatic rings. The van der Waals surface area contributed by atoms with Gasteiger partial charge < -0.3 is 24.3 Å². The standard InChI is InChI=1S/C28H36ClN5O4/c1-6-20(35)16-37-25-12-18-11-19(9-10-24(18)34(17(4)5)27(25)36)31-26-23(29)13-30-28(32-26)33-14-21(7-2)38-22(8-3)15-33/h9-13,17,21-22H,6-8,14-16H2,1-5H3,(H,30,31,32)/t21-,22-/m1/s1. The lowest BCUT2D eigenvalue weighted by Gasteiger charge is -2.37. The highest BCUT2D eigenvalue weighted by molar-refractivity contribution is 6.32. The van der Waals surface area contributed by atoms with Crippen LogP contribution in [0.4, 0.5) is 17.5 Å². The molecule has 3 aromatic rings. The number of carbonyl (C=O) groups is 1. The number of rotatable bonds is 10. The van der Waals surface area contributed by atoms with Crippen molar-refractivity contribution in [3.63, 3.8) is 0 Å². The second-order valence-corrected chi connectivity index (χ2v) is 10.2. The van der Waals surface area contributed by atoms with Crippen LogP contribution in [0.15, 0.2) is 35.3 Å². The average Bonchev–Trinajstić information content (AvgIpc) is 2.92. The molecule has 204 valence electrons. The third-order valence-corrected chi connectivity index (χ3v) is 7.00. The Hall–Kier alpha value is -3.17. The van der Waals surface area contributed by atoms with Crippen LogP contribution >= 0.6 is 11.6 Å². The number of anilines is 3. The van der Waals surface area contributed by atoms with E-state index in [2.05, 4.69) is 29.0 Å². The first-order valence-corrected chi connectivity index (χ1v) is 13.7. The number of hydrogen-bond donors (Lipinski definition) is 1. The van der Waals surface area contributed by atoms with Gasteiger partial charge in [0.15, 0.2) is 17.4 Å². The summed E-state index contributed by atoms with van der Waals surface area (Å²) in [5.74, 6) is 1.17. The van der Waals surface area contributed by atoms with Gasteiger partial charge in [-0.3, -0.25) is 9.59 Å². The number of halogens is 1. The van der Waals surface area contributed by atoms with Crippen LogP contribution in [0, 0.1) is 0 Å². The van der Waals surface area contributed by atoms with Gasteiger partial charge in [0.05, 0.1) is 23.9 Å². The molecule has 0 saturated carbocycles. The molecule has 0 radical (unpaired) electrons. The van der Waals surface area contributed by atoms with Gasteiger partial charge in [-0.05, 0) is 51.0 Å². The molecule has 3 heterocycles. The van der Waals surface area contributed by atoms with Crippen molar-refractivity contribution in [2.24, 2.45) is 0 Å². The Labute approximate surface area is 228 Å². The van der Waals surface area contributed by atoms with Crippen LogP contribution < -0.4 is 20.5 Å². The molecule has 0 spiro atoms. The molecular formula is C28H36ClN5O4. The molecule has 9 nitrogen and oxygen atoms in total. The lowest BCUT2D eigenvalue weighted by atomic mass is 10.1. The Morgan fingerprint density at radius 2 is 1.89 bits per heavy atom. The fourth-order valence-corrected chi connectivity index (χ4v) is 4.69. The van der Waals surface area contributed by atoms with Crippen molar-refractivity contribution in [2.75, 3.05) is 29.9 Å². The SMILES string of the molecule is CCC(=O)COc1cc2cc(Nc3nc(N4C[C@@H](CC)O[C@H](CC)C4)ncc3Cl)ccc2n(C(C)C)c1=O. The number of ketones is 1. The molecule has 0 amide bonds. The summed E-state index contributed by atoms with van der Waals surface area (Å²) in [5.41, 5.74) is 1.25.